The highest BCUT2D eigenvalue weighted by Crippen LogP contribution is 2.23. The molecule has 0 aliphatic carbocycles. The molecule has 0 radical (unpaired) electrons. The molecule has 0 saturated heterocycles. The fraction of sp³-hybridized carbons (Fsp3) is 0.857. The van der Waals surface area contributed by atoms with Gasteiger partial charge in [-0.3, -0.25) is 4.79 Å². The minimum Gasteiger partial charge on any atom is -0.270 e. The number of carbonyl (C=O) groups excluding carboxylic acids is 1. The van der Waals surface area contributed by atoms with E-state index in [0.29, 0.717) is 0 Å². The fourth-order valence-electron chi connectivity index (χ4n) is 0.861. The molecule has 0 N–H and O–H groups in total. The number of nitrogens with zero attached hydrogens (tertiary/aromatic N) is 3. The lowest BCUT2D eigenvalue weighted by atomic mass is 10.1. The molecule has 1 aliphatic rings. The van der Waals surface area contributed by atoms with Crippen molar-refractivity contribution in [2.45, 2.75) is 39.3 Å². The molecule has 4 heteroatoms. The van der Waals surface area contributed by atoms with Crippen LogP contribution in [-0.4, -0.2) is 22.5 Å². The third-order valence-corrected chi connectivity index (χ3v) is 1.61. The van der Waals surface area contributed by atoms with Gasteiger partial charge in [0.1, 0.15) is 0 Å². The van der Waals surface area contributed by atoms with Crippen molar-refractivity contribution in [3.63, 3.8) is 0 Å². The molecule has 11 heavy (non-hydrogen) atoms. The van der Waals surface area contributed by atoms with E-state index in [2.05, 4.69) is 10.3 Å². The average molecular weight is 155 g/mol. The molecule has 1 rings (SSSR count). The highest BCUT2D eigenvalue weighted by atomic mass is 16.2. The molecule has 0 saturated carbocycles. The maximum absolute atomic E-state index is 11.4. The Kier molecular flexibility index (Phi) is 1.70. The minimum atomic E-state index is -0.649. The monoisotopic (exact) mass is 155 g/mol. The highest BCUT2D eigenvalue weighted by molar-refractivity contribution is 5.86. The van der Waals surface area contributed by atoms with Gasteiger partial charge in [-0.15, -0.1) is 0 Å². The Morgan fingerprint density at radius 1 is 1.45 bits per heavy atom. The van der Waals surface area contributed by atoms with Crippen LogP contribution in [0.1, 0.15) is 27.7 Å². The maximum Gasteiger partial charge on any atom is 0.273 e. The van der Waals surface area contributed by atoms with Gasteiger partial charge in [0.15, 0.2) is 5.54 Å². The van der Waals surface area contributed by atoms with Gasteiger partial charge in [0, 0.05) is 0 Å². The summed E-state index contributed by atoms with van der Waals surface area (Å²) < 4.78 is 0. The Morgan fingerprint density at radius 3 is 2.18 bits per heavy atom. The third kappa shape index (κ3) is 1.25. The van der Waals surface area contributed by atoms with E-state index in [1.54, 1.807) is 13.8 Å². The lowest BCUT2D eigenvalue weighted by Crippen LogP contribution is -2.38. The summed E-state index contributed by atoms with van der Waals surface area (Å²) >= 11 is 0. The largest absolute Gasteiger partial charge is 0.273 e. The van der Waals surface area contributed by atoms with Gasteiger partial charge in [-0.05, 0) is 27.7 Å². The van der Waals surface area contributed by atoms with Gasteiger partial charge in [0.05, 0.1) is 6.04 Å². The molecular formula is C7H13N3O. The van der Waals surface area contributed by atoms with Gasteiger partial charge < -0.3 is 0 Å². The highest BCUT2D eigenvalue weighted by Gasteiger charge is 2.38. The second-order valence-electron chi connectivity index (χ2n) is 3.49. The summed E-state index contributed by atoms with van der Waals surface area (Å²) in [6.07, 6.45) is 0. The first-order chi connectivity index (χ1) is 4.95. The van der Waals surface area contributed by atoms with E-state index in [0.717, 1.165) is 0 Å². The molecule has 0 unspecified atom stereocenters. The van der Waals surface area contributed by atoms with Crippen molar-refractivity contribution in [2.75, 3.05) is 0 Å². The van der Waals surface area contributed by atoms with Crippen molar-refractivity contribution < 1.29 is 4.79 Å². The average Bonchev–Trinajstić information content (AvgIpc) is 2.09. The van der Waals surface area contributed by atoms with E-state index < -0.39 is 5.54 Å². The van der Waals surface area contributed by atoms with E-state index in [-0.39, 0.29) is 11.9 Å². The quantitative estimate of drug-likeness (QED) is 0.564. The summed E-state index contributed by atoms with van der Waals surface area (Å²) in [7, 11) is 0. The summed E-state index contributed by atoms with van der Waals surface area (Å²) in [5, 5.41) is 9.05. The number of rotatable bonds is 1. The van der Waals surface area contributed by atoms with Crippen molar-refractivity contribution >= 4 is 5.91 Å². The van der Waals surface area contributed by atoms with Gasteiger partial charge in [-0.25, -0.2) is 5.01 Å². The molecular weight excluding hydrogens is 142 g/mol. The van der Waals surface area contributed by atoms with Crippen LogP contribution in [0.25, 0.3) is 0 Å². The molecule has 1 heterocycles. The number of hydrogen-bond acceptors (Lipinski definition) is 3. The predicted molar refractivity (Wildman–Crippen MR) is 40.9 cm³/mol. The van der Waals surface area contributed by atoms with E-state index >= 15 is 0 Å². The van der Waals surface area contributed by atoms with Crippen molar-refractivity contribution in [3.05, 3.63) is 0 Å². The first kappa shape index (κ1) is 8.17. The van der Waals surface area contributed by atoms with Gasteiger partial charge >= 0.3 is 0 Å². The summed E-state index contributed by atoms with van der Waals surface area (Å²) in [4.78, 5) is 11.4. The standard InChI is InChI=1S/C7H13N3O/c1-5(2)10-6(11)7(3,4)8-9-10/h5H,1-4H3. The van der Waals surface area contributed by atoms with Gasteiger partial charge in [0.25, 0.3) is 5.91 Å². The molecule has 0 fully saturated rings. The molecule has 0 bridgehead atoms. The van der Waals surface area contributed by atoms with Crippen LogP contribution in [-0.2, 0) is 4.79 Å². The maximum atomic E-state index is 11.4. The Bertz CT molecular complexity index is 208. The van der Waals surface area contributed by atoms with Crippen molar-refractivity contribution in [2.24, 2.45) is 10.3 Å². The minimum absolute atomic E-state index is 0.0208. The van der Waals surface area contributed by atoms with Gasteiger partial charge in [-0.2, -0.15) is 5.11 Å². The normalized spacial score (nSPS) is 21.9. The van der Waals surface area contributed by atoms with E-state index in [4.69, 9.17) is 0 Å². The van der Waals surface area contributed by atoms with Crippen LogP contribution in [0, 0.1) is 0 Å². The molecule has 1 amide bonds. The fourth-order valence-corrected chi connectivity index (χ4v) is 0.861. The van der Waals surface area contributed by atoms with Crippen LogP contribution in [0.15, 0.2) is 10.3 Å². The van der Waals surface area contributed by atoms with Crippen LogP contribution in [0.2, 0.25) is 0 Å². The third-order valence-electron chi connectivity index (χ3n) is 1.61. The summed E-state index contributed by atoms with van der Waals surface area (Å²) in [6, 6.07) is 0.105. The topological polar surface area (TPSA) is 45.0 Å². The molecule has 0 aromatic heterocycles. The second-order valence-corrected chi connectivity index (χ2v) is 3.49. The molecule has 0 aromatic carbocycles. The van der Waals surface area contributed by atoms with E-state index in [1.165, 1.54) is 5.01 Å². The van der Waals surface area contributed by atoms with Crippen LogP contribution >= 0.6 is 0 Å². The number of amides is 1. The number of carbonyl (C=O) groups is 1. The number of hydrogen-bond donors (Lipinski definition) is 0. The summed E-state index contributed by atoms with van der Waals surface area (Å²) in [6.45, 7) is 7.36. The Labute approximate surface area is 66.3 Å². The zero-order valence-corrected chi connectivity index (χ0v) is 7.33. The molecule has 0 atom stereocenters. The second kappa shape index (κ2) is 2.29. The molecule has 62 valence electrons. The van der Waals surface area contributed by atoms with Crippen LogP contribution in [0.3, 0.4) is 0 Å². The lowest BCUT2D eigenvalue weighted by Gasteiger charge is -2.17. The van der Waals surface area contributed by atoms with Crippen LogP contribution < -0.4 is 0 Å². The van der Waals surface area contributed by atoms with Crippen molar-refractivity contribution in [1.29, 1.82) is 0 Å². The van der Waals surface area contributed by atoms with E-state index in [9.17, 15) is 4.79 Å². The molecule has 4 nitrogen and oxygen atoms in total. The van der Waals surface area contributed by atoms with Gasteiger partial charge in [0.2, 0.25) is 0 Å². The zero-order valence-electron chi connectivity index (χ0n) is 7.33. The molecule has 0 spiro atoms. The van der Waals surface area contributed by atoms with Crippen molar-refractivity contribution in [3.8, 4) is 0 Å². The predicted octanol–water partition coefficient (Wildman–Crippen LogP) is 1.38. The molecule has 0 aromatic rings. The van der Waals surface area contributed by atoms with Crippen molar-refractivity contribution in [1.82, 2.24) is 5.01 Å². The Hall–Kier alpha value is -0.930. The van der Waals surface area contributed by atoms with Gasteiger partial charge in [-0.1, -0.05) is 5.22 Å². The Morgan fingerprint density at radius 2 is 2.00 bits per heavy atom. The first-order valence-corrected chi connectivity index (χ1v) is 3.71. The van der Waals surface area contributed by atoms with E-state index in [1.807, 2.05) is 13.8 Å². The van der Waals surface area contributed by atoms with Crippen LogP contribution in [0.4, 0.5) is 0 Å². The lowest BCUT2D eigenvalue weighted by molar-refractivity contribution is -0.134. The van der Waals surface area contributed by atoms with Crippen LogP contribution in [0.5, 0.6) is 0 Å². The summed E-state index contributed by atoms with van der Waals surface area (Å²) in [5.74, 6) is -0.0208. The summed E-state index contributed by atoms with van der Waals surface area (Å²) in [5.41, 5.74) is -0.649. The smallest absolute Gasteiger partial charge is 0.270 e. The Balaban J connectivity index is 2.81. The zero-order chi connectivity index (χ0) is 8.65. The SMILES string of the molecule is CC(C)N1N=NC(C)(C)C1=O. The first-order valence-electron chi connectivity index (χ1n) is 3.71. The molecule has 1 aliphatic heterocycles.